The van der Waals surface area contributed by atoms with Crippen molar-refractivity contribution >= 4 is 17.3 Å². The van der Waals surface area contributed by atoms with Crippen LogP contribution in [0.4, 0.5) is 5.82 Å². The fourth-order valence-corrected chi connectivity index (χ4v) is 4.19. The van der Waals surface area contributed by atoms with Crippen LogP contribution in [0.3, 0.4) is 0 Å². The first kappa shape index (κ1) is 29.5. The van der Waals surface area contributed by atoms with Crippen molar-refractivity contribution in [3.63, 3.8) is 0 Å². The third-order valence-electron chi connectivity index (χ3n) is 5.26. The van der Waals surface area contributed by atoms with Gasteiger partial charge in [0.05, 0.1) is 0 Å². The number of aryl methyl sites for hydroxylation is 1. The first-order valence-corrected chi connectivity index (χ1v) is 14.5. The number of hydrogen-bond donors (Lipinski definition) is 3. The number of nitrogens with one attached hydrogen (secondary N) is 1. The summed E-state index contributed by atoms with van der Waals surface area (Å²) in [6.07, 6.45) is 3.32. The molecule has 0 radical (unpaired) electrons. The van der Waals surface area contributed by atoms with Crippen LogP contribution >= 0.6 is 0 Å². The first-order chi connectivity index (χ1) is 17.1. The third-order valence-corrected chi connectivity index (χ3v) is 7.16. The van der Waals surface area contributed by atoms with Crippen molar-refractivity contribution in [1.82, 2.24) is 20.4 Å². The predicted molar refractivity (Wildman–Crippen MR) is 134 cm³/mol. The summed E-state index contributed by atoms with van der Waals surface area (Å²) in [6.45, 7) is 11.1. The summed E-state index contributed by atoms with van der Waals surface area (Å²) in [4.78, 5) is 22.4. The molecule has 0 bridgehead atoms. The van der Waals surface area contributed by atoms with E-state index in [0.29, 0.717) is 23.9 Å². The number of aromatic nitrogens is 3. The average Bonchev–Trinajstić information content (AvgIpc) is 3.37. The van der Waals surface area contributed by atoms with Crippen molar-refractivity contribution < 1.29 is 45.7 Å². The molecule has 2 aromatic rings. The quantitative estimate of drug-likeness (QED) is 0.0912. The molecule has 1 amide bonds. The number of carbonyl (C=O) groups is 1. The van der Waals surface area contributed by atoms with Crippen LogP contribution in [0.1, 0.15) is 38.6 Å². The van der Waals surface area contributed by atoms with Crippen molar-refractivity contribution in [3.8, 4) is 11.5 Å². The molecule has 2 rings (SSSR count). The Morgan fingerprint density at radius 3 is 2.75 bits per heavy atom. The Labute approximate surface area is 222 Å². The van der Waals surface area contributed by atoms with E-state index < -0.39 is 18.6 Å². The molecule has 3 N–H and O–H groups in total. The van der Waals surface area contributed by atoms with E-state index in [9.17, 15) is 9.90 Å². The predicted octanol–water partition coefficient (Wildman–Crippen LogP) is -0.360. The average molecular weight is 612 g/mol. The normalized spacial score (nSPS) is 13.3. The minimum absolute atomic E-state index is 0.0313. The van der Waals surface area contributed by atoms with Crippen LogP contribution < -0.4 is 29.9 Å². The van der Waals surface area contributed by atoms with Crippen LogP contribution in [0.15, 0.2) is 46.3 Å². The Morgan fingerprint density at radius 1 is 1.42 bits per heavy atom. The van der Waals surface area contributed by atoms with Crippen molar-refractivity contribution in [2.24, 2.45) is 0 Å². The molecular formula is C25H35IN5O5-. The summed E-state index contributed by atoms with van der Waals surface area (Å²) in [5, 5.41) is 25.4. The first-order valence-electron chi connectivity index (χ1n) is 11.4. The van der Waals surface area contributed by atoms with E-state index in [1.165, 1.54) is 0 Å². The number of ether oxygens (including phenoxy) is 1. The van der Waals surface area contributed by atoms with Gasteiger partial charge < -0.3 is 20.3 Å². The number of carbonyl (C=O) groups excluding carboxylic acids is 1. The number of rotatable bonds is 13. The van der Waals surface area contributed by atoms with Gasteiger partial charge >= 0.3 is 141 Å². The second-order valence-corrected chi connectivity index (χ2v) is 10.6. The molecule has 0 spiro atoms. The molecule has 0 aliphatic heterocycles. The van der Waals surface area contributed by atoms with E-state index in [1.54, 1.807) is 6.20 Å². The van der Waals surface area contributed by atoms with Gasteiger partial charge in [0.2, 0.25) is 5.91 Å². The summed E-state index contributed by atoms with van der Waals surface area (Å²) in [5.41, 5.74) is 4.10. The molecule has 0 saturated heterocycles. The number of pyridine rings is 1. The van der Waals surface area contributed by atoms with Crippen LogP contribution in [0.5, 0.6) is 0 Å². The summed E-state index contributed by atoms with van der Waals surface area (Å²) in [6, 6.07) is 1.99. The molecule has 0 unspecified atom stereocenters. The fourth-order valence-electron chi connectivity index (χ4n) is 3.22. The van der Waals surface area contributed by atoms with Gasteiger partial charge in [0, 0.05) is 6.54 Å². The number of allylic oxidation sites excluding steroid dienone is 4. The Hall–Kier alpha value is -2.77. The Balaban J connectivity index is 2.21. The number of halogens is 1. The van der Waals surface area contributed by atoms with E-state index in [0.717, 1.165) is 33.7 Å². The molecule has 0 aliphatic rings. The van der Waals surface area contributed by atoms with Gasteiger partial charge in [-0.1, -0.05) is 13.5 Å². The number of amides is 1. The van der Waals surface area contributed by atoms with E-state index in [2.05, 4.69) is 35.1 Å². The Morgan fingerprint density at radius 2 is 2.14 bits per heavy atom. The monoisotopic (exact) mass is 612 g/mol. The van der Waals surface area contributed by atoms with Crippen molar-refractivity contribution in [2.75, 3.05) is 34.8 Å². The molecule has 10 nitrogen and oxygen atoms in total. The van der Waals surface area contributed by atoms with E-state index in [-0.39, 0.29) is 34.6 Å². The molecule has 0 fully saturated rings. The number of nitrogens with zero attached hydrogens (tertiary/aromatic N) is 4. The SMILES string of the molecule is C=C(CC)/C(OC[C@@H](O)CNC(=O)CO)=C(C)\C=C(/C)c1noc(-c2cnc(N(C)[I-]C)c(C)c2)n1. The zero-order chi connectivity index (χ0) is 26.8. The number of hydrogen-bond acceptors (Lipinski definition) is 9. The Bertz CT molecular complexity index is 1130. The minimum atomic E-state index is -0.944. The third kappa shape index (κ3) is 8.14. The van der Waals surface area contributed by atoms with Crippen LogP contribution in [-0.2, 0) is 9.53 Å². The van der Waals surface area contributed by atoms with Crippen LogP contribution in [0.2, 0.25) is 0 Å². The molecule has 1 atom stereocenters. The number of alkyl halides is 1. The molecule has 2 heterocycles. The molecule has 11 heteroatoms. The van der Waals surface area contributed by atoms with E-state index >= 15 is 0 Å². The van der Waals surface area contributed by atoms with Gasteiger partial charge in [0.1, 0.15) is 19.3 Å². The second kappa shape index (κ2) is 14.1. The van der Waals surface area contributed by atoms with Crippen LogP contribution in [-0.4, -0.2) is 69.1 Å². The van der Waals surface area contributed by atoms with Gasteiger partial charge in [-0.25, -0.2) is 0 Å². The van der Waals surface area contributed by atoms with Gasteiger partial charge in [0.25, 0.3) is 0 Å². The zero-order valence-electron chi connectivity index (χ0n) is 21.6. The van der Waals surface area contributed by atoms with Gasteiger partial charge in [-0.15, -0.1) is 0 Å². The Kier molecular flexibility index (Phi) is 11.5. The van der Waals surface area contributed by atoms with Gasteiger partial charge in [-0.3, -0.25) is 4.79 Å². The van der Waals surface area contributed by atoms with Crippen molar-refractivity contribution in [1.29, 1.82) is 0 Å². The standard InChI is InChI=1S/C25H35IN5O5/c1-8-15(2)22(35-14-20(33)12-27-21(34)13-32)16(3)9-17(4)23-29-25(36-30-23)19-10-18(5)24(28-11-19)31(7)26-6/h9-11,20,32-33H,2,8,12-14H2,1,3-7H3,(H,27,34)/q-1/b17-9+,22-16+/t20-/m0/s1. The van der Waals surface area contributed by atoms with Gasteiger partial charge in [-0.05, 0) is 12.0 Å². The second-order valence-electron chi connectivity index (χ2n) is 8.16. The number of aliphatic hydroxyl groups is 2. The molecule has 0 aromatic carbocycles. The molecule has 0 aliphatic carbocycles. The maximum absolute atomic E-state index is 11.2. The maximum atomic E-state index is 11.2. The van der Waals surface area contributed by atoms with Crippen molar-refractivity contribution in [3.05, 3.63) is 53.2 Å². The van der Waals surface area contributed by atoms with Crippen LogP contribution in [0.25, 0.3) is 17.0 Å². The summed E-state index contributed by atoms with van der Waals surface area (Å²) in [7, 11) is 2.04. The van der Waals surface area contributed by atoms with Crippen molar-refractivity contribution in [2.45, 2.75) is 40.2 Å². The van der Waals surface area contributed by atoms with Gasteiger partial charge in [-0.2, -0.15) is 0 Å². The molecule has 198 valence electrons. The molecule has 2 aromatic heterocycles. The summed E-state index contributed by atoms with van der Waals surface area (Å²) < 4.78 is 13.5. The summed E-state index contributed by atoms with van der Waals surface area (Å²) in [5.74, 6) is 1.77. The molecule has 36 heavy (non-hydrogen) atoms. The molecular weight excluding hydrogens is 577 g/mol. The number of aliphatic hydroxyl groups excluding tert-OH is 2. The summed E-state index contributed by atoms with van der Waals surface area (Å²) >= 11 is -0.103. The van der Waals surface area contributed by atoms with Gasteiger partial charge in [0.15, 0.2) is 0 Å². The zero-order valence-corrected chi connectivity index (χ0v) is 23.8. The number of anilines is 1. The van der Waals surface area contributed by atoms with E-state index in [1.807, 2.05) is 46.9 Å². The van der Waals surface area contributed by atoms with E-state index in [4.69, 9.17) is 14.4 Å². The fraction of sp³-hybridized carbons (Fsp3) is 0.440. The topological polar surface area (TPSA) is 134 Å². The van der Waals surface area contributed by atoms with Crippen LogP contribution in [0, 0.1) is 6.92 Å². The molecule has 0 saturated carbocycles.